The molecule has 0 aliphatic carbocycles. The number of amides is 1. The predicted molar refractivity (Wildman–Crippen MR) is 163 cm³/mol. The van der Waals surface area contributed by atoms with Crippen LogP contribution in [0.5, 0.6) is 23.0 Å². The molecule has 0 atom stereocenters. The monoisotopic (exact) mass is 598 g/mol. The quantitative estimate of drug-likeness (QED) is 0.247. The van der Waals surface area contributed by atoms with Crippen molar-refractivity contribution in [3.05, 3.63) is 63.6 Å². The molecular formula is C31H42N4O6S. The van der Waals surface area contributed by atoms with Gasteiger partial charge in [-0.1, -0.05) is 12.1 Å². The number of nitrogens with one attached hydrogen (secondary N) is 1. The molecule has 1 saturated heterocycles. The molecule has 1 fully saturated rings. The van der Waals surface area contributed by atoms with E-state index in [0.29, 0.717) is 36.8 Å². The molecule has 4 rings (SSSR count). The summed E-state index contributed by atoms with van der Waals surface area (Å²) in [7, 11) is 6.59. The standard InChI is InChI=1S/C31H42N4O6S/c1-37-25-8-7-24(28(19-25)39-3)20-35(13-10-23-6-9-27(38-2)29(18-23)40-4)21-30-33-26(22-42-30)31(36)32-11-5-12-34-14-16-41-17-15-34/h6-9,18-19,22H,5,10-17,20-21H2,1-4H3,(H,32,36). The summed E-state index contributed by atoms with van der Waals surface area (Å²) in [5.41, 5.74) is 2.64. The SMILES string of the molecule is COc1ccc(CN(CCc2ccc(OC)c(OC)c2)Cc2nc(C(=O)NCCCN3CCOCC3)cs2)c(OC)c1. The van der Waals surface area contributed by atoms with E-state index >= 15 is 0 Å². The fraction of sp³-hybridized carbons (Fsp3) is 0.484. The molecule has 0 spiro atoms. The molecule has 2 aromatic carbocycles. The fourth-order valence-corrected chi connectivity index (χ4v) is 5.68. The molecule has 10 nitrogen and oxygen atoms in total. The molecule has 0 radical (unpaired) electrons. The number of aromatic nitrogens is 1. The second-order valence-electron chi connectivity index (χ2n) is 10.0. The summed E-state index contributed by atoms with van der Waals surface area (Å²) in [4.78, 5) is 22.1. The maximum absolute atomic E-state index is 12.8. The summed E-state index contributed by atoms with van der Waals surface area (Å²) in [5.74, 6) is 2.79. The summed E-state index contributed by atoms with van der Waals surface area (Å²) in [6.07, 6.45) is 1.69. The molecule has 1 aliphatic rings. The van der Waals surface area contributed by atoms with E-state index < -0.39 is 0 Å². The zero-order valence-electron chi connectivity index (χ0n) is 25.0. The Morgan fingerprint density at radius 3 is 2.50 bits per heavy atom. The number of ether oxygens (including phenoxy) is 5. The smallest absolute Gasteiger partial charge is 0.270 e. The number of hydrogen-bond acceptors (Lipinski definition) is 10. The average Bonchev–Trinajstić information content (AvgIpc) is 3.51. The molecular weight excluding hydrogens is 556 g/mol. The third-order valence-electron chi connectivity index (χ3n) is 7.24. The molecule has 228 valence electrons. The molecule has 11 heteroatoms. The number of carbonyl (C=O) groups excluding carboxylic acids is 1. The lowest BCUT2D eigenvalue weighted by Crippen LogP contribution is -2.38. The Kier molecular flexibility index (Phi) is 12.3. The molecule has 0 bridgehead atoms. The lowest BCUT2D eigenvalue weighted by Gasteiger charge is -2.26. The van der Waals surface area contributed by atoms with Crippen LogP contribution in [-0.2, 0) is 24.2 Å². The topological polar surface area (TPSA) is 94.6 Å². The third-order valence-corrected chi connectivity index (χ3v) is 8.07. The zero-order chi connectivity index (χ0) is 29.7. The largest absolute Gasteiger partial charge is 0.497 e. The van der Waals surface area contributed by atoms with Gasteiger partial charge in [0, 0.05) is 49.7 Å². The van der Waals surface area contributed by atoms with Crippen LogP contribution in [0.15, 0.2) is 41.8 Å². The average molecular weight is 599 g/mol. The van der Waals surface area contributed by atoms with Gasteiger partial charge in [0.2, 0.25) is 0 Å². The second kappa shape index (κ2) is 16.3. The third kappa shape index (κ3) is 9.06. The van der Waals surface area contributed by atoms with Crippen LogP contribution in [0.25, 0.3) is 0 Å². The van der Waals surface area contributed by atoms with E-state index in [1.54, 1.807) is 28.4 Å². The van der Waals surface area contributed by atoms with Crippen LogP contribution in [0.4, 0.5) is 0 Å². The van der Waals surface area contributed by atoms with E-state index in [1.165, 1.54) is 11.3 Å². The number of benzene rings is 2. The van der Waals surface area contributed by atoms with E-state index in [2.05, 4.69) is 26.2 Å². The number of morpholine rings is 1. The van der Waals surface area contributed by atoms with Crippen molar-refractivity contribution in [3.8, 4) is 23.0 Å². The minimum absolute atomic E-state index is 0.131. The summed E-state index contributed by atoms with van der Waals surface area (Å²) in [5, 5.41) is 5.74. The van der Waals surface area contributed by atoms with Gasteiger partial charge in [0.1, 0.15) is 22.2 Å². The van der Waals surface area contributed by atoms with Crippen molar-refractivity contribution < 1.29 is 28.5 Å². The fourth-order valence-electron chi connectivity index (χ4n) is 4.86. The van der Waals surface area contributed by atoms with Gasteiger partial charge in [-0.3, -0.25) is 14.6 Å². The molecule has 2 heterocycles. The molecule has 1 aromatic heterocycles. The molecule has 0 saturated carbocycles. The highest BCUT2D eigenvalue weighted by atomic mass is 32.1. The van der Waals surface area contributed by atoms with Crippen LogP contribution in [0.2, 0.25) is 0 Å². The Morgan fingerprint density at radius 2 is 1.76 bits per heavy atom. The number of methoxy groups -OCH3 is 4. The minimum Gasteiger partial charge on any atom is -0.497 e. The highest BCUT2D eigenvalue weighted by molar-refractivity contribution is 7.09. The number of hydrogen-bond donors (Lipinski definition) is 1. The molecule has 0 unspecified atom stereocenters. The maximum atomic E-state index is 12.8. The summed E-state index contributed by atoms with van der Waals surface area (Å²) in [6.45, 7) is 7.04. The van der Waals surface area contributed by atoms with Gasteiger partial charge in [-0.25, -0.2) is 4.98 Å². The van der Waals surface area contributed by atoms with Crippen molar-refractivity contribution in [2.45, 2.75) is 25.9 Å². The molecule has 1 N–H and O–H groups in total. The second-order valence-corrected chi connectivity index (χ2v) is 11.0. The Morgan fingerprint density at radius 1 is 0.976 bits per heavy atom. The highest BCUT2D eigenvalue weighted by Crippen LogP contribution is 2.29. The zero-order valence-corrected chi connectivity index (χ0v) is 25.8. The van der Waals surface area contributed by atoms with Crippen molar-refractivity contribution in [1.29, 1.82) is 0 Å². The van der Waals surface area contributed by atoms with Crippen molar-refractivity contribution in [1.82, 2.24) is 20.1 Å². The van der Waals surface area contributed by atoms with Crippen LogP contribution in [0.3, 0.4) is 0 Å². The Labute approximate surface area is 252 Å². The van der Waals surface area contributed by atoms with Gasteiger partial charge in [-0.2, -0.15) is 0 Å². The summed E-state index contributed by atoms with van der Waals surface area (Å²) in [6, 6.07) is 11.9. The Hall–Kier alpha value is -3.38. The number of thiazole rings is 1. The van der Waals surface area contributed by atoms with Crippen molar-refractivity contribution in [2.24, 2.45) is 0 Å². The first-order valence-electron chi connectivity index (χ1n) is 14.2. The highest BCUT2D eigenvalue weighted by Gasteiger charge is 2.17. The number of rotatable bonds is 16. The van der Waals surface area contributed by atoms with Crippen LogP contribution < -0.4 is 24.3 Å². The molecule has 1 aliphatic heterocycles. The van der Waals surface area contributed by atoms with Gasteiger partial charge < -0.3 is 29.0 Å². The van der Waals surface area contributed by atoms with Crippen LogP contribution in [0.1, 0.15) is 33.0 Å². The Bertz CT molecular complexity index is 1280. The van der Waals surface area contributed by atoms with Gasteiger partial charge in [0.25, 0.3) is 5.91 Å². The van der Waals surface area contributed by atoms with E-state index in [-0.39, 0.29) is 5.91 Å². The molecule has 3 aromatic rings. The van der Waals surface area contributed by atoms with Gasteiger partial charge >= 0.3 is 0 Å². The van der Waals surface area contributed by atoms with E-state index in [1.807, 2.05) is 35.7 Å². The minimum atomic E-state index is -0.131. The lowest BCUT2D eigenvalue weighted by atomic mass is 10.1. The molecule has 42 heavy (non-hydrogen) atoms. The summed E-state index contributed by atoms with van der Waals surface area (Å²) < 4.78 is 27.3. The van der Waals surface area contributed by atoms with E-state index in [4.69, 9.17) is 23.7 Å². The Balaban J connectivity index is 1.40. The van der Waals surface area contributed by atoms with Gasteiger partial charge in [0.05, 0.1) is 48.2 Å². The van der Waals surface area contributed by atoms with Gasteiger partial charge in [-0.15, -0.1) is 11.3 Å². The normalized spacial score (nSPS) is 13.6. The van der Waals surface area contributed by atoms with E-state index in [9.17, 15) is 4.79 Å². The van der Waals surface area contributed by atoms with E-state index in [0.717, 1.165) is 79.9 Å². The van der Waals surface area contributed by atoms with Crippen LogP contribution in [0, 0.1) is 0 Å². The first-order valence-corrected chi connectivity index (χ1v) is 15.1. The molecule has 1 amide bonds. The van der Waals surface area contributed by atoms with Crippen molar-refractivity contribution in [3.63, 3.8) is 0 Å². The van der Waals surface area contributed by atoms with Crippen molar-refractivity contribution in [2.75, 3.05) is 74.4 Å². The first kappa shape index (κ1) is 31.6. The van der Waals surface area contributed by atoms with Gasteiger partial charge in [-0.05, 0) is 43.1 Å². The van der Waals surface area contributed by atoms with Crippen molar-refractivity contribution >= 4 is 17.2 Å². The number of nitrogens with zero attached hydrogens (tertiary/aromatic N) is 3. The lowest BCUT2D eigenvalue weighted by molar-refractivity contribution is 0.0374. The van der Waals surface area contributed by atoms with Crippen LogP contribution in [-0.4, -0.2) is 95.1 Å². The predicted octanol–water partition coefficient (Wildman–Crippen LogP) is 3.87. The maximum Gasteiger partial charge on any atom is 0.270 e. The van der Waals surface area contributed by atoms with Crippen LogP contribution >= 0.6 is 11.3 Å². The van der Waals surface area contributed by atoms with Gasteiger partial charge in [0.15, 0.2) is 11.5 Å². The first-order chi connectivity index (χ1) is 20.5. The number of carbonyl (C=O) groups is 1. The summed E-state index contributed by atoms with van der Waals surface area (Å²) >= 11 is 1.50.